The number of hydrazine groups is 1. The number of carbonyl (C=O) groups is 3. The second-order valence-corrected chi connectivity index (χ2v) is 14.7. The lowest BCUT2D eigenvalue weighted by molar-refractivity contribution is -0.187. The number of likely N-dealkylation sites (N-methyl/N-ethyl adjacent to an activating group) is 1. The average Bonchev–Trinajstić information content (AvgIpc) is 3.10. The Labute approximate surface area is 297 Å². The zero-order valence-corrected chi connectivity index (χ0v) is 29.7. The number of urea groups is 1. The van der Waals surface area contributed by atoms with E-state index in [0.29, 0.717) is 24.5 Å². The lowest BCUT2D eigenvalue weighted by atomic mass is 9.97. The van der Waals surface area contributed by atoms with E-state index in [9.17, 15) is 23.8 Å². The first kappa shape index (κ1) is 35.8. The van der Waals surface area contributed by atoms with Crippen LogP contribution in [0.5, 0.6) is 0 Å². The van der Waals surface area contributed by atoms with Crippen LogP contribution in [0.25, 0.3) is 10.8 Å². The van der Waals surface area contributed by atoms with Gasteiger partial charge in [0.15, 0.2) is 0 Å². The van der Waals surface area contributed by atoms with Crippen LogP contribution in [0.3, 0.4) is 0 Å². The van der Waals surface area contributed by atoms with Crippen molar-refractivity contribution in [1.82, 2.24) is 25.1 Å². The summed E-state index contributed by atoms with van der Waals surface area (Å²) in [5, 5.41) is 11.3. The number of fused-ring (bicyclic) bond motifs is 2. The van der Waals surface area contributed by atoms with Gasteiger partial charge >= 0.3 is 13.6 Å². The number of rotatable bonds is 12. The summed E-state index contributed by atoms with van der Waals surface area (Å²) >= 11 is 0. The molecule has 3 atom stereocenters. The van der Waals surface area contributed by atoms with Crippen molar-refractivity contribution in [2.24, 2.45) is 0 Å². The van der Waals surface area contributed by atoms with Crippen molar-refractivity contribution >= 4 is 41.9 Å². The van der Waals surface area contributed by atoms with Crippen LogP contribution in [0, 0.1) is 0 Å². The van der Waals surface area contributed by atoms with Gasteiger partial charge in [-0.2, -0.15) is 0 Å². The number of piperazine rings is 1. The standard InChI is InChI=1S/C38H43N6O6P/c1-4-50-51(48,49)26-27(2)40-32-19-17-28(18-20-32)21-34-37(46)42(23-31-15-10-14-30-13-8-9-16-33(30)31)24-35-43(34)36(45)25-41(3)44(35)38(47)39-22-29-11-6-5-7-12-29/h5-20,34-35,40H,2,4,21-26H2,1,3H3,(H,39,47)(H,48,49)/t34-,35-/m0/s1. The van der Waals surface area contributed by atoms with Crippen molar-refractivity contribution < 1.29 is 28.4 Å². The zero-order valence-electron chi connectivity index (χ0n) is 28.8. The second-order valence-electron chi connectivity index (χ2n) is 12.8. The van der Waals surface area contributed by atoms with Crippen LogP contribution in [-0.2, 0) is 38.2 Å². The van der Waals surface area contributed by atoms with Crippen LogP contribution in [0.1, 0.15) is 23.6 Å². The summed E-state index contributed by atoms with van der Waals surface area (Å²) in [6, 6.07) is 29.6. The fourth-order valence-electron chi connectivity index (χ4n) is 6.82. The minimum Gasteiger partial charge on any atom is -0.359 e. The van der Waals surface area contributed by atoms with Gasteiger partial charge in [0.2, 0.25) is 11.8 Å². The SMILES string of the molecule is C=C(CP(=O)(O)OCC)Nc1ccc(C[C@H]2C(=O)N(Cc3cccc4ccccc34)C[C@H]3N2C(=O)CN(C)N3C(=O)NCc2ccccc2)cc1. The van der Waals surface area contributed by atoms with Crippen molar-refractivity contribution in [3.63, 3.8) is 0 Å². The largest absolute Gasteiger partial charge is 0.359 e. The number of nitrogens with zero attached hydrogens (tertiary/aromatic N) is 4. The molecule has 2 fully saturated rings. The van der Waals surface area contributed by atoms with Gasteiger partial charge in [-0.3, -0.25) is 14.2 Å². The number of hydrogen-bond acceptors (Lipinski definition) is 7. The number of amides is 4. The summed E-state index contributed by atoms with van der Waals surface area (Å²) in [4.78, 5) is 55.4. The van der Waals surface area contributed by atoms with Crippen molar-refractivity contribution in [2.75, 3.05) is 38.2 Å². The minimum absolute atomic E-state index is 0.0657. The fraction of sp³-hybridized carbons (Fsp3) is 0.289. The van der Waals surface area contributed by atoms with Crippen molar-refractivity contribution in [3.8, 4) is 0 Å². The molecule has 3 N–H and O–H groups in total. The summed E-state index contributed by atoms with van der Waals surface area (Å²) in [5.41, 5.74) is 3.67. The van der Waals surface area contributed by atoms with Gasteiger partial charge in [0.25, 0.3) is 0 Å². The van der Waals surface area contributed by atoms with Crippen LogP contribution < -0.4 is 10.6 Å². The Hall–Kier alpha value is -5.00. The molecule has 4 aromatic carbocycles. The number of carbonyl (C=O) groups excluding carboxylic acids is 3. The van der Waals surface area contributed by atoms with Gasteiger partial charge in [-0.25, -0.2) is 14.8 Å². The van der Waals surface area contributed by atoms with Crippen LogP contribution in [0.15, 0.2) is 109 Å². The monoisotopic (exact) mass is 710 g/mol. The Balaban J connectivity index is 1.27. The number of nitrogens with one attached hydrogen (secondary N) is 2. The Morgan fingerprint density at radius 1 is 0.961 bits per heavy atom. The molecule has 0 saturated carbocycles. The van der Waals surface area contributed by atoms with Crippen LogP contribution in [0.2, 0.25) is 0 Å². The predicted octanol–water partition coefficient (Wildman–Crippen LogP) is 5.17. The molecule has 2 aliphatic heterocycles. The average molecular weight is 711 g/mol. The van der Waals surface area contributed by atoms with Gasteiger partial charge in [-0.15, -0.1) is 0 Å². The van der Waals surface area contributed by atoms with E-state index >= 15 is 0 Å². The van der Waals surface area contributed by atoms with Crippen molar-refractivity contribution in [1.29, 1.82) is 0 Å². The molecule has 266 valence electrons. The smallest absolute Gasteiger partial charge is 0.334 e. The van der Waals surface area contributed by atoms with E-state index in [0.717, 1.165) is 27.5 Å². The second kappa shape index (κ2) is 15.5. The minimum atomic E-state index is -3.81. The lowest BCUT2D eigenvalue weighted by Crippen LogP contribution is -2.76. The molecule has 4 amide bonds. The van der Waals surface area contributed by atoms with Crippen LogP contribution in [0.4, 0.5) is 10.5 Å². The van der Waals surface area contributed by atoms with Gasteiger partial charge in [0.05, 0.1) is 25.9 Å². The predicted molar refractivity (Wildman–Crippen MR) is 196 cm³/mol. The van der Waals surface area contributed by atoms with Crippen LogP contribution in [-0.4, -0.2) is 87.7 Å². The molecule has 12 nitrogen and oxygen atoms in total. The number of hydrogen-bond donors (Lipinski definition) is 3. The summed E-state index contributed by atoms with van der Waals surface area (Å²) in [6.45, 7) is 6.30. The number of allylic oxidation sites excluding steroid dienone is 1. The van der Waals surface area contributed by atoms with E-state index in [1.165, 1.54) is 0 Å². The summed E-state index contributed by atoms with van der Waals surface area (Å²) in [6.07, 6.45) is -0.768. The highest BCUT2D eigenvalue weighted by molar-refractivity contribution is 7.53. The van der Waals surface area contributed by atoms with E-state index in [1.54, 1.807) is 45.9 Å². The maximum Gasteiger partial charge on any atom is 0.334 e. The quantitative estimate of drug-likeness (QED) is 0.172. The molecule has 4 aromatic rings. The van der Waals surface area contributed by atoms with E-state index < -0.39 is 19.8 Å². The Kier molecular flexibility index (Phi) is 10.9. The third kappa shape index (κ3) is 8.32. The molecule has 2 aliphatic rings. The topological polar surface area (TPSA) is 135 Å². The molecule has 0 radical (unpaired) electrons. The lowest BCUT2D eigenvalue weighted by Gasteiger charge is -2.54. The molecular weight excluding hydrogens is 667 g/mol. The molecule has 2 heterocycles. The Morgan fingerprint density at radius 2 is 1.67 bits per heavy atom. The molecule has 13 heteroatoms. The fourth-order valence-corrected chi connectivity index (χ4v) is 7.87. The molecule has 0 bridgehead atoms. The molecule has 51 heavy (non-hydrogen) atoms. The van der Waals surface area contributed by atoms with E-state index in [2.05, 4.69) is 17.2 Å². The third-order valence-electron chi connectivity index (χ3n) is 9.10. The number of benzene rings is 4. The Bertz CT molecular complexity index is 1950. The van der Waals surface area contributed by atoms with E-state index in [4.69, 9.17) is 4.52 Å². The van der Waals surface area contributed by atoms with Gasteiger partial charge < -0.3 is 29.9 Å². The van der Waals surface area contributed by atoms with Gasteiger partial charge in [0.1, 0.15) is 12.2 Å². The highest BCUT2D eigenvalue weighted by Crippen LogP contribution is 2.43. The summed E-state index contributed by atoms with van der Waals surface area (Å²) in [7, 11) is -2.10. The van der Waals surface area contributed by atoms with Crippen molar-refractivity contribution in [3.05, 3.63) is 126 Å². The molecule has 1 unspecified atom stereocenters. The maximum atomic E-state index is 14.5. The normalized spacial score (nSPS) is 19.1. The molecular formula is C38H43N6O6P. The summed E-state index contributed by atoms with van der Waals surface area (Å²) in [5.74, 6) is -0.443. The highest BCUT2D eigenvalue weighted by Gasteiger charge is 2.50. The highest BCUT2D eigenvalue weighted by atomic mass is 31.2. The zero-order chi connectivity index (χ0) is 36.1. The first-order valence-electron chi connectivity index (χ1n) is 16.9. The first-order chi connectivity index (χ1) is 24.5. The van der Waals surface area contributed by atoms with Crippen molar-refractivity contribution in [2.45, 2.75) is 38.6 Å². The molecule has 6 rings (SSSR count). The molecule has 0 aromatic heterocycles. The van der Waals surface area contributed by atoms with Gasteiger partial charge in [-0.05, 0) is 46.5 Å². The summed E-state index contributed by atoms with van der Waals surface area (Å²) < 4.78 is 17.1. The van der Waals surface area contributed by atoms with Gasteiger partial charge in [0, 0.05) is 37.9 Å². The van der Waals surface area contributed by atoms with Crippen LogP contribution >= 0.6 is 7.60 Å². The first-order valence-corrected chi connectivity index (χ1v) is 18.7. The Morgan fingerprint density at radius 3 is 2.41 bits per heavy atom. The molecule has 0 spiro atoms. The van der Waals surface area contributed by atoms with Gasteiger partial charge in [-0.1, -0.05) is 91.5 Å². The third-order valence-corrected chi connectivity index (χ3v) is 10.5. The van der Waals surface area contributed by atoms with E-state index in [1.807, 2.05) is 84.9 Å². The maximum absolute atomic E-state index is 14.5. The number of anilines is 1. The molecule has 0 aliphatic carbocycles. The van der Waals surface area contributed by atoms with E-state index in [-0.39, 0.29) is 50.1 Å². The molecule has 2 saturated heterocycles.